The monoisotopic (exact) mass is 402 g/mol. The van der Waals surface area contributed by atoms with Crippen LogP contribution in [-0.2, 0) is 4.74 Å². The van der Waals surface area contributed by atoms with Crippen molar-refractivity contribution in [3.05, 3.63) is 59.2 Å². The Kier molecular flexibility index (Phi) is 5.16. The molecule has 0 fully saturated rings. The van der Waals surface area contributed by atoms with Gasteiger partial charge in [-0.3, -0.25) is 4.57 Å². The molecule has 0 aliphatic carbocycles. The number of nitrogen functional groups attached to an aromatic ring is 1. The predicted molar refractivity (Wildman–Crippen MR) is 120 cm³/mol. The van der Waals surface area contributed by atoms with Crippen molar-refractivity contribution in [3.63, 3.8) is 0 Å². The quantitative estimate of drug-likeness (QED) is 0.476. The average Bonchev–Trinajstić information content (AvgIpc) is 2.98. The number of benzene rings is 2. The number of anilines is 1. The van der Waals surface area contributed by atoms with Crippen LogP contribution in [0, 0.1) is 19.8 Å². The Balaban J connectivity index is 1.94. The van der Waals surface area contributed by atoms with E-state index in [9.17, 15) is 4.79 Å². The molecule has 154 valence electrons. The molecule has 0 unspecified atom stereocenters. The molecule has 0 aliphatic heterocycles. The molecule has 0 saturated heterocycles. The van der Waals surface area contributed by atoms with Crippen molar-refractivity contribution < 1.29 is 9.53 Å². The topological polar surface area (TPSA) is 83.0 Å². The number of rotatable bonds is 5. The largest absolute Gasteiger partial charge is 0.462 e. The van der Waals surface area contributed by atoms with Gasteiger partial charge in [-0.05, 0) is 61.6 Å². The minimum absolute atomic E-state index is 0.269. The molecule has 4 aromatic rings. The summed E-state index contributed by atoms with van der Waals surface area (Å²) in [6, 6.07) is 13.6. The SMILES string of the molecule is Cc1ccc(-n2c(N)c(C(=O)OCCC(C)C)c3nc4ccccc4nc32)cc1C. The molecule has 0 saturated carbocycles. The summed E-state index contributed by atoms with van der Waals surface area (Å²) in [7, 11) is 0. The summed E-state index contributed by atoms with van der Waals surface area (Å²) >= 11 is 0. The zero-order chi connectivity index (χ0) is 21.4. The number of hydrogen-bond donors (Lipinski definition) is 1. The molecule has 6 nitrogen and oxygen atoms in total. The van der Waals surface area contributed by atoms with Crippen molar-refractivity contribution in [1.82, 2.24) is 14.5 Å². The van der Waals surface area contributed by atoms with Gasteiger partial charge >= 0.3 is 5.97 Å². The van der Waals surface area contributed by atoms with E-state index in [1.54, 1.807) is 4.57 Å². The number of nitrogens with zero attached hydrogens (tertiary/aromatic N) is 3. The van der Waals surface area contributed by atoms with Crippen LogP contribution in [0.1, 0.15) is 41.8 Å². The van der Waals surface area contributed by atoms with Gasteiger partial charge in [-0.1, -0.05) is 32.0 Å². The highest BCUT2D eigenvalue weighted by Gasteiger charge is 2.26. The van der Waals surface area contributed by atoms with Crippen LogP contribution in [-0.4, -0.2) is 27.1 Å². The van der Waals surface area contributed by atoms with Gasteiger partial charge < -0.3 is 10.5 Å². The minimum Gasteiger partial charge on any atom is -0.462 e. The molecule has 0 atom stereocenters. The lowest BCUT2D eigenvalue weighted by atomic mass is 10.1. The Bertz CT molecular complexity index is 1260. The zero-order valence-corrected chi connectivity index (χ0v) is 17.8. The molecule has 2 N–H and O–H groups in total. The van der Waals surface area contributed by atoms with Crippen LogP contribution in [0.4, 0.5) is 5.82 Å². The first-order valence-electron chi connectivity index (χ1n) is 10.2. The lowest BCUT2D eigenvalue weighted by Crippen LogP contribution is -2.11. The Morgan fingerprint density at radius 2 is 1.77 bits per heavy atom. The number of aromatic nitrogens is 3. The number of esters is 1. The van der Waals surface area contributed by atoms with Crippen molar-refractivity contribution in [3.8, 4) is 5.69 Å². The number of ether oxygens (including phenoxy) is 1. The second kappa shape index (κ2) is 7.78. The third-order valence-electron chi connectivity index (χ3n) is 5.38. The van der Waals surface area contributed by atoms with Crippen LogP contribution in [0.15, 0.2) is 42.5 Å². The van der Waals surface area contributed by atoms with Gasteiger partial charge in [0.15, 0.2) is 5.65 Å². The van der Waals surface area contributed by atoms with E-state index in [2.05, 4.69) is 20.8 Å². The first-order valence-corrected chi connectivity index (χ1v) is 10.2. The Labute approximate surface area is 175 Å². The summed E-state index contributed by atoms with van der Waals surface area (Å²) in [5.74, 6) is 0.263. The fraction of sp³-hybridized carbons (Fsp3) is 0.292. The van der Waals surface area contributed by atoms with E-state index in [-0.39, 0.29) is 11.4 Å². The molecular weight excluding hydrogens is 376 g/mol. The highest BCUT2D eigenvalue weighted by atomic mass is 16.5. The lowest BCUT2D eigenvalue weighted by molar-refractivity contribution is 0.0491. The van der Waals surface area contributed by atoms with E-state index in [1.807, 2.05) is 49.4 Å². The van der Waals surface area contributed by atoms with E-state index in [1.165, 1.54) is 5.56 Å². The summed E-state index contributed by atoms with van der Waals surface area (Å²) in [5, 5.41) is 0. The van der Waals surface area contributed by atoms with Crippen molar-refractivity contribution in [2.45, 2.75) is 34.1 Å². The Morgan fingerprint density at radius 1 is 1.07 bits per heavy atom. The fourth-order valence-corrected chi connectivity index (χ4v) is 3.45. The van der Waals surface area contributed by atoms with Gasteiger partial charge in [0.05, 0.1) is 17.6 Å². The number of carbonyl (C=O) groups excluding carboxylic acids is 1. The highest BCUT2D eigenvalue weighted by molar-refractivity contribution is 6.09. The first-order chi connectivity index (χ1) is 14.4. The van der Waals surface area contributed by atoms with E-state index in [0.717, 1.165) is 23.2 Å². The molecule has 0 spiro atoms. The van der Waals surface area contributed by atoms with Crippen LogP contribution in [0.3, 0.4) is 0 Å². The Morgan fingerprint density at radius 3 is 2.43 bits per heavy atom. The molecule has 2 heterocycles. The molecule has 0 amide bonds. The molecule has 0 radical (unpaired) electrons. The molecule has 6 heteroatoms. The fourth-order valence-electron chi connectivity index (χ4n) is 3.45. The van der Waals surface area contributed by atoms with Crippen LogP contribution in [0.25, 0.3) is 27.9 Å². The molecule has 4 rings (SSSR count). The van der Waals surface area contributed by atoms with E-state index in [4.69, 9.17) is 20.4 Å². The van der Waals surface area contributed by atoms with Gasteiger partial charge in [-0.2, -0.15) is 0 Å². The third kappa shape index (κ3) is 3.49. The summed E-state index contributed by atoms with van der Waals surface area (Å²) in [4.78, 5) is 22.5. The molecule has 0 bridgehead atoms. The lowest BCUT2D eigenvalue weighted by Gasteiger charge is -2.10. The van der Waals surface area contributed by atoms with Crippen LogP contribution in [0.2, 0.25) is 0 Å². The number of fused-ring (bicyclic) bond motifs is 2. The van der Waals surface area contributed by atoms with Crippen LogP contribution in [0.5, 0.6) is 0 Å². The predicted octanol–water partition coefficient (Wildman–Crippen LogP) is 4.98. The number of aryl methyl sites for hydroxylation is 2. The molecule has 2 aromatic carbocycles. The van der Waals surface area contributed by atoms with Crippen molar-refractivity contribution in [2.75, 3.05) is 12.3 Å². The number of para-hydroxylation sites is 2. The highest BCUT2D eigenvalue weighted by Crippen LogP contribution is 2.32. The molecule has 0 aliphatic rings. The number of carbonyl (C=O) groups is 1. The first kappa shape index (κ1) is 19.9. The molecule has 2 aromatic heterocycles. The van der Waals surface area contributed by atoms with Crippen LogP contribution >= 0.6 is 0 Å². The molecule has 30 heavy (non-hydrogen) atoms. The third-order valence-corrected chi connectivity index (χ3v) is 5.38. The van der Waals surface area contributed by atoms with Crippen LogP contribution < -0.4 is 5.73 Å². The van der Waals surface area contributed by atoms with Gasteiger partial charge in [-0.15, -0.1) is 0 Å². The maximum atomic E-state index is 13.0. The van der Waals surface area contributed by atoms with Gasteiger partial charge in [0, 0.05) is 5.69 Å². The van der Waals surface area contributed by atoms with Crippen molar-refractivity contribution in [2.24, 2.45) is 5.92 Å². The van der Waals surface area contributed by atoms with Gasteiger partial charge in [0.2, 0.25) is 0 Å². The van der Waals surface area contributed by atoms with E-state index < -0.39 is 5.97 Å². The number of hydrogen-bond acceptors (Lipinski definition) is 5. The standard InChI is InChI=1S/C24H26N4O2/c1-14(2)11-12-30-24(29)20-21-23(27-19-8-6-5-7-18(19)26-21)28(22(20)25)17-10-9-15(3)16(4)13-17/h5-10,13-14H,11-12,25H2,1-4H3. The minimum atomic E-state index is -0.467. The second-order valence-corrected chi connectivity index (χ2v) is 8.07. The second-order valence-electron chi connectivity index (χ2n) is 8.07. The van der Waals surface area contributed by atoms with Crippen molar-refractivity contribution in [1.29, 1.82) is 0 Å². The zero-order valence-electron chi connectivity index (χ0n) is 17.8. The maximum absolute atomic E-state index is 13.0. The normalized spacial score (nSPS) is 11.5. The average molecular weight is 402 g/mol. The van der Waals surface area contributed by atoms with Crippen molar-refractivity contribution >= 4 is 34.0 Å². The van der Waals surface area contributed by atoms with Gasteiger partial charge in [-0.25, -0.2) is 14.8 Å². The van der Waals surface area contributed by atoms with Gasteiger partial charge in [0.25, 0.3) is 0 Å². The van der Waals surface area contributed by atoms with E-state index in [0.29, 0.717) is 29.2 Å². The van der Waals surface area contributed by atoms with E-state index >= 15 is 0 Å². The summed E-state index contributed by atoms with van der Waals surface area (Å²) in [5.41, 5.74) is 12.4. The Hall–Kier alpha value is -3.41. The number of nitrogens with two attached hydrogens (primary N) is 1. The summed E-state index contributed by atoms with van der Waals surface area (Å²) in [6.07, 6.45) is 0.788. The maximum Gasteiger partial charge on any atom is 0.344 e. The smallest absolute Gasteiger partial charge is 0.344 e. The summed E-state index contributed by atoms with van der Waals surface area (Å²) < 4.78 is 7.32. The van der Waals surface area contributed by atoms with Gasteiger partial charge in [0.1, 0.15) is 16.9 Å². The summed E-state index contributed by atoms with van der Waals surface area (Å²) in [6.45, 7) is 8.62. The molecular formula is C24H26N4O2.